The summed E-state index contributed by atoms with van der Waals surface area (Å²) in [7, 11) is 1.49. The van der Waals surface area contributed by atoms with Crippen LogP contribution < -0.4 is 0 Å². The zero-order valence-corrected chi connectivity index (χ0v) is 54.5. The highest BCUT2D eigenvalue weighted by Crippen LogP contribution is 2.43. The molecule has 0 saturated carbocycles. The number of allylic oxidation sites excluding steroid dienone is 8. The van der Waals surface area contributed by atoms with Crippen LogP contribution in [-0.2, 0) is 32.7 Å². The molecular weight excluding hydrogens is 1010 g/mol. The van der Waals surface area contributed by atoms with Crippen molar-refractivity contribution in [3.8, 4) is 0 Å². The maximum Gasteiger partial charge on any atom is 0.472 e. The molecule has 0 aromatic heterocycles. The fourth-order valence-electron chi connectivity index (χ4n) is 10.1. The van der Waals surface area contributed by atoms with E-state index < -0.39 is 26.5 Å². The molecule has 80 heavy (non-hydrogen) atoms. The highest BCUT2D eigenvalue weighted by Gasteiger charge is 2.27. The van der Waals surface area contributed by atoms with Crippen LogP contribution in [0.5, 0.6) is 0 Å². The standard InChI is InChI=1S/C70H132NO8P/c1-6-8-10-12-14-16-18-20-22-24-26-28-30-32-34-35-37-38-40-42-44-46-48-50-52-54-56-58-60-62-69(72)76-66-68(67-78-80(74,75)77-65-64-71(3,4)5)79-70(73)63-61-59-57-55-53-51-49-47-45-43-41-39-36-33-31-29-27-25-23-21-19-17-15-13-11-9-7-2/h9,11,15,17,21,23,27,29,68H,6-8,10,12-14,16,18-20,22,24-26,28,30-67H2,1-5H3/p+1/b11-9-,17-15-,23-21-,29-27-. The largest absolute Gasteiger partial charge is 0.472 e. The minimum atomic E-state index is -4.39. The van der Waals surface area contributed by atoms with E-state index in [1.54, 1.807) is 0 Å². The van der Waals surface area contributed by atoms with Crippen molar-refractivity contribution in [2.75, 3.05) is 47.5 Å². The number of unbranched alkanes of at least 4 members (excludes halogenated alkanes) is 42. The van der Waals surface area contributed by atoms with Gasteiger partial charge in [-0.25, -0.2) is 4.57 Å². The van der Waals surface area contributed by atoms with Crippen molar-refractivity contribution in [2.24, 2.45) is 0 Å². The molecule has 1 N–H and O–H groups in total. The van der Waals surface area contributed by atoms with Crippen molar-refractivity contribution >= 4 is 19.8 Å². The first-order valence-corrected chi connectivity index (χ1v) is 35.9. The Bertz CT molecular complexity index is 1490. The summed E-state index contributed by atoms with van der Waals surface area (Å²) in [5.41, 5.74) is 0. The number of ether oxygens (including phenoxy) is 2. The molecule has 0 amide bonds. The van der Waals surface area contributed by atoms with Gasteiger partial charge in [0.05, 0.1) is 27.7 Å². The van der Waals surface area contributed by atoms with E-state index in [0.29, 0.717) is 23.9 Å². The van der Waals surface area contributed by atoms with Crippen molar-refractivity contribution in [3.63, 3.8) is 0 Å². The van der Waals surface area contributed by atoms with Crippen molar-refractivity contribution < 1.29 is 42.1 Å². The summed E-state index contributed by atoms with van der Waals surface area (Å²) in [6.45, 7) is 4.38. The van der Waals surface area contributed by atoms with Gasteiger partial charge in [-0.2, -0.15) is 0 Å². The van der Waals surface area contributed by atoms with Gasteiger partial charge in [0.2, 0.25) is 0 Å². The molecule has 2 unspecified atom stereocenters. The third-order valence-corrected chi connectivity index (χ3v) is 16.4. The number of carbonyl (C=O) groups is 2. The smallest absolute Gasteiger partial charge is 0.462 e. The first kappa shape index (κ1) is 78.0. The lowest BCUT2D eigenvalue weighted by Gasteiger charge is -2.24. The molecule has 0 aliphatic carbocycles. The summed E-state index contributed by atoms with van der Waals surface area (Å²) in [5.74, 6) is -0.780. The van der Waals surface area contributed by atoms with E-state index in [-0.39, 0.29) is 25.6 Å². The number of esters is 2. The molecule has 10 heteroatoms. The summed E-state index contributed by atoms with van der Waals surface area (Å²) in [5, 5.41) is 0. The van der Waals surface area contributed by atoms with Gasteiger partial charge in [-0.3, -0.25) is 18.6 Å². The fourth-order valence-corrected chi connectivity index (χ4v) is 10.9. The van der Waals surface area contributed by atoms with E-state index in [9.17, 15) is 19.0 Å². The lowest BCUT2D eigenvalue weighted by Crippen LogP contribution is -2.37. The number of phosphoric acid groups is 1. The van der Waals surface area contributed by atoms with Crippen molar-refractivity contribution in [1.29, 1.82) is 0 Å². The number of phosphoric ester groups is 1. The number of hydrogen-bond acceptors (Lipinski definition) is 7. The number of rotatable bonds is 64. The van der Waals surface area contributed by atoms with Gasteiger partial charge < -0.3 is 18.9 Å². The molecule has 0 spiro atoms. The lowest BCUT2D eigenvalue weighted by atomic mass is 10.0. The molecule has 0 radical (unpaired) electrons. The third-order valence-electron chi connectivity index (χ3n) is 15.4. The Morgan fingerprint density at radius 1 is 0.400 bits per heavy atom. The van der Waals surface area contributed by atoms with E-state index in [4.69, 9.17) is 18.5 Å². The Labute approximate surface area is 496 Å². The SMILES string of the molecule is CC/C=C\C/C=C\C/C=C\C/C=C\CCCCCCCCCCCCCCCCC(=O)OC(COC(=O)CCCCCCCCCCCCCCCCCCCCCCCCCCCCCCC)COP(=O)(O)OCC[N+](C)(C)C. The second kappa shape index (κ2) is 61.5. The molecule has 0 saturated heterocycles. The van der Waals surface area contributed by atoms with Crippen molar-refractivity contribution in [1.82, 2.24) is 0 Å². The summed E-state index contributed by atoms with van der Waals surface area (Å²) >= 11 is 0. The Hall–Kier alpha value is -2.03. The van der Waals surface area contributed by atoms with Crippen molar-refractivity contribution in [3.05, 3.63) is 48.6 Å². The molecule has 0 aromatic rings. The second-order valence-corrected chi connectivity index (χ2v) is 26.0. The molecule has 0 aliphatic heterocycles. The van der Waals surface area contributed by atoms with Gasteiger partial charge in [0.15, 0.2) is 6.10 Å². The molecule has 0 aromatic carbocycles. The fraction of sp³-hybridized carbons (Fsp3) is 0.857. The van der Waals surface area contributed by atoms with Crippen LogP contribution in [-0.4, -0.2) is 74.9 Å². The number of carbonyl (C=O) groups excluding carboxylic acids is 2. The number of quaternary nitrogens is 1. The van der Waals surface area contributed by atoms with Crippen LogP contribution >= 0.6 is 7.82 Å². The van der Waals surface area contributed by atoms with Gasteiger partial charge in [0.25, 0.3) is 0 Å². The van der Waals surface area contributed by atoms with E-state index >= 15 is 0 Å². The Balaban J connectivity index is 4.01. The predicted molar refractivity (Wildman–Crippen MR) is 344 cm³/mol. The Kier molecular flexibility index (Phi) is 60.0. The Morgan fingerprint density at radius 3 is 1.06 bits per heavy atom. The van der Waals surface area contributed by atoms with Gasteiger partial charge in [0.1, 0.15) is 19.8 Å². The first-order chi connectivity index (χ1) is 39.0. The number of nitrogens with zero attached hydrogens (tertiary/aromatic N) is 1. The van der Waals surface area contributed by atoms with E-state index in [0.717, 1.165) is 57.8 Å². The zero-order chi connectivity index (χ0) is 58.4. The summed E-state index contributed by atoms with van der Waals surface area (Å²) < 4.78 is 34.7. The highest BCUT2D eigenvalue weighted by atomic mass is 31.2. The average molecular weight is 1150 g/mol. The van der Waals surface area contributed by atoms with Gasteiger partial charge in [-0.05, 0) is 51.4 Å². The van der Waals surface area contributed by atoms with Crippen LogP contribution in [0.25, 0.3) is 0 Å². The van der Waals surface area contributed by atoms with E-state index in [1.165, 1.54) is 244 Å². The third kappa shape index (κ3) is 65.1. The van der Waals surface area contributed by atoms with Crippen LogP contribution in [0.3, 0.4) is 0 Å². The highest BCUT2D eigenvalue weighted by molar-refractivity contribution is 7.47. The summed E-state index contributed by atoms with van der Waals surface area (Å²) in [4.78, 5) is 35.9. The van der Waals surface area contributed by atoms with Gasteiger partial charge in [-0.1, -0.05) is 319 Å². The van der Waals surface area contributed by atoms with Crippen LogP contribution in [0.2, 0.25) is 0 Å². The monoisotopic (exact) mass is 1150 g/mol. The molecule has 0 fully saturated rings. The zero-order valence-electron chi connectivity index (χ0n) is 53.6. The first-order valence-electron chi connectivity index (χ1n) is 34.4. The number of hydrogen-bond donors (Lipinski definition) is 1. The number of likely N-dealkylation sites (N-methyl/N-ethyl adjacent to an activating group) is 1. The lowest BCUT2D eigenvalue weighted by molar-refractivity contribution is -0.870. The van der Waals surface area contributed by atoms with Crippen molar-refractivity contribution in [2.45, 2.75) is 341 Å². The molecule has 0 rings (SSSR count). The van der Waals surface area contributed by atoms with Gasteiger partial charge in [-0.15, -0.1) is 0 Å². The van der Waals surface area contributed by atoms with Gasteiger partial charge in [0, 0.05) is 12.8 Å². The molecular formula is C70H133NO8P+. The molecule has 470 valence electrons. The van der Waals surface area contributed by atoms with Crippen LogP contribution in [0.4, 0.5) is 0 Å². The molecule has 0 heterocycles. The van der Waals surface area contributed by atoms with Gasteiger partial charge >= 0.3 is 19.8 Å². The topological polar surface area (TPSA) is 108 Å². The Morgan fingerprint density at radius 2 is 0.713 bits per heavy atom. The van der Waals surface area contributed by atoms with E-state index in [2.05, 4.69) is 62.5 Å². The van der Waals surface area contributed by atoms with Crippen LogP contribution in [0.15, 0.2) is 48.6 Å². The molecule has 2 atom stereocenters. The predicted octanol–water partition coefficient (Wildman–Crippen LogP) is 22.1. The van der Waals surface area contributed by atoms with Crippen LogP contribution in [0.1, 0.15) is 335 Å². The molecule has 9 nitrogen and oxygen atoms in total. The maximum atomic E-state index is 12.9. The average Bonchev–Trinajstić information content (AvgIpc) is 3.42. The minimum Gasteiger partial charge on any atom is -0.462 e. The minimum absolute atomic E-state index is 0.0331. The maximum absolute atomic E-state index is 12.9. The quantitative estimate of drug-likeness (QED) is 0.0211. The van der Waals surface area contributed by atoms with E-state index in [1.807, 2.05) is 21.1 Å². The summed E-state index contributed by atoms with van der Waals surface area (Å²) in [6, 6.07) is 0. The molecule has 0 bridgehead atoms. The normalized spacial score (nSPS) is 13.4. The van der Waals surface area contributed by atoms with Crippen LogP contribution in [0, 0.1) is 0 Å². The summed E-state index contributed by atoms with van der Waals surface area (Å²) in [6.07, 6.45) is 79.3. The molecule has 0 aliphatic rings. The second-order valence-electron chi connectivity index (χ2n) is 24.5.